The third-order valence-corrected chi connectivity index (χ3v) is 2.95. The molecule has 0 amide bonds. The minimum Gasteiger partial charge on any atom is -0.590 e. The van der Waals surface area contributed by atoms with Crippen molar-refractivity contribution in [3.05, 3.63) is 21.9 Å². The molecule has 42 valence electrons. The molecule has 1 unspecified atom stereocenters. The Morgan fingerprint density at radius 1 is 1.50 bits per heavy atom. The Labute approximate surface area is 50.8 Å². The van der Waals surface area contributed by atoms with E-state index in [-0.39, 0.29) is 0 Å². The molecule has 0 aromatic carbocycles. The summed E-state index contributed by atoms with van der Waals surface area (Å²) in [7, 11) is -0.712. The lowest BCUT2D eigenvalue weighted by Crippen LogP contribution is -2.02. The monoisotopic (exact) mass is 126 g/mol. The van der Waals surface area contributed by atoms with Gasteiger partial charge in [0.1, 0.15) is 5.38 Å². The van der Waals surface area contributed by atoms with Gasteiger partial charge in [0.05, 0.1) is 0 Å². The molecule has 1 nitrogen and oxygen atoms in total. The minimum atomic E-state index is -0.712. The highest BCUT2D eigenvalue weighted by Gasteiger charge is 2.21. The first kappa shape index (κ1) is 4.53. The SMILES string of the molecule is [O-][s+]1ccc2c1CC2. The van der Waals surface area contributed by atoms with Crippen molar-refractivity contribution in [3.63, 3.8) is 0 Å². The first-order valence-electron chi connectivity index (χ1n) is 2.69. The molecule has 0 saturated carbocycles. The standard InChI is InChI=1S/C6H6OS/c7-8-4-3-5-1-2-6(5)8/h3-4H,1-2H2. The van der Waals surface area contributed by atoms with E-state index in [1.807, 2.05) is 6.07 Å². The highest BCUT2D eigenvalue weighted by atomic mass is 32.2. The third-order valence-electron chi connectivity index (χ3n) is 1.62. The molecule has 0 N–H and O–H groups in total. The fourth-order valence-corrected chi connectivity index (χ4v) is 2.19. The van der Waals surface area contributed by atoms with E-state index < -0.39 is 10.8 Å². The van der Waals surface area contributed by atoms with E-state index in [0.29, 0.717) is 0 Å². The van der Waals surface area contributed by atoms with Crippen molar-refractivity contribution in [2.45, 2.75) is 12.8 Å². The fraction of sp³-hybridized carbons (Fsp3) is 0.333. The Balaban J connectivity index is 2.66. The third kappa shape index (κ3) is 0.394. The molecule has 1 aromatic heterocycles. The molecule has 8 heavy (non-hydrogen) atoms. The maximum Gasteiger partial charge on any atom is 0.152 e. The van der Waals surface area contributed by atoms with Gasteiger partial charge < -0.3 is 4.55 Å². The lowest BCUT2D eigenvalue weighted by Gasteiger charge is -2.08. The van der Waals surface area contributed by atoms with Gasteiger partial charge in [0.25, 0.3) is 0 Å². The normalized spacial score (nSPS) is 17.4. The molecule has 0 spiro atoms. The maximum absolute atomic E-state index is 10.8. The quantitative estimate of drug-likeness (QED) is 0.483. The Morgan fingerprint density at radius 2 is 2.38 bits per heavy atom. The van der Waals surface area contributed by atoms with E-state index in [1.54, 1.807) is 5.38 Å². The molecule has 2 heteroatoms. The Morgan fingerprint density at radius 3 is 2.62 bits per heavy atom. The average Bonchev–Trinajstić information content (AvgIpc) is 1.80. The summed E-state index contributed by atoms with van der Waals surface area (Å²) in [6, 6.07) is 1.98. The molecule has 0 radical (unpaired) electrons. The second-order valence-corrected chi connectivity index (χ2v) is 3.41. The van der Waals surface area contributed by atoms with Crippen molar-refractivity contribution >= 4 is 10.8 Å². The molecule has 1 aromatic rings. The van der Waals surface area contributed by atoms with Crippen molar-refractivity contribution in [2.75, 3.05) is 0 Å². The second-order valence-electron chi connectivity index (χ2n) is 2.05. The number of hydrogen-bond acceptors (Lipinski definition) is 1. The summed E-state index contributed by atoms with van der Waals surface area (Å²) in [4.78, 5) is 1.17. The van der Waals surface area contributed by atoms with Crippen molar-refractivity contribution in [3.8, 4) is 0 Å². The number of thiophene rings is 1. The van der Waals surface area contributed by atoms with Gasteiger partial charge >= 0.3 is 0 Å². The smallest absolute Gasteiger partial charge is 0.152 e. The van der Waals surface area contributed by atoms with Crippen LogP contribution < -0.4 is 0 Å². The molecule has 1 aliphatic carbocycles. The van der Waals surface area contributed by atoms with E-state index in [1.165, 1.54) is 10.4 Å². The minimum absolute atomic E-state index is 0.712. The Bertz CT molecular complexity index is 201. The summed E-state index contributed by atoms with van der Waals surface area (Å²) in [5, 5.41) is 1.78. The topological polar surface area (TPSA) is 23.1 Å². The van der Waals surface area contributed by atoms with Crippen LogP contribution in [0.25, 0.3) is 0 Å². The van der Waals surface area contributed by atoms with Crippen LogP contribution in [0.4, 0.5) is 0 Å². The zero-order chi connectivity index (χ0) is 5.56. The summed E-state index contributed by atoms with van der Waals surface area (Å²) in [5.41, 5.74) is 1.32. The largest absolute Gasteiger partial charge is 0.590 e. The number of aryl methyl sites for hydroxylation is 1. The molecule has 0 aliphatic heterocycles. The van der Waals surface area contributed by atoms with E-state index >= 15 is 0 Å². The summed E-state index contributed by atoms with van der Waals surface area (Å²) < 4.78 is 10.8. The van der Waals surface area contributed by atoms with E-state index in [4.69, 9.17) is 0 Å². The lowest BCUT2D eigenvalue weighted by atomic mass is 9.99. The summed E-state index contributed by atoms with van der Waals surface area (Å²) >= 11 is 0. The van der Waals surface area contributed by atoms with Crippen LogP contribution in [0.3, 0.4) is 0 Å². The van der Waals surface area contributed by atoms with Crippen LogP contribution in [0.2, 0.25) is 0 Å². The highest BCUT2D eigenvalue weighted by molar-refractivity contribution is 7.23. The van der Waals surface area contributed by atoms with E-state index in [0.717, 1.165) is 12.8 Å². The summed E-state index contributed by atoms with van der Waals surface area (Å²) in [6.45, 7) is 0. The van der Waals surface area contributed by atoms with Crippen LogP contribution in [0.1, 0.15) is 10.4 Å². The molecule has 1 heterocycles. The highest BCUT2D eigenvalue weighted by Crippen LogP contribution is 2.33. The van der Waals surface area contributed by atoms with Crippen LogP contribution in [-0.4, -0.2) is 4.55 Å². The molecule has 0 saturated heterocycles. The second kappa shape index (κ2) is 1.33. The van der Waals surface area contributed by atoms with Gasteiger partial charge in [-0.3, -0.25) is 0 Å². The molecular weight excluding hydrogens is 120 g/mol. The lowest BCUT2D eigenvalue weighted by molar-refractivity contribution is 0.593. The van der Waals surface area contributed by atoms with Gasteiger partial charge in [0.15, 0.2) is 4.88 Å². The van der Waals surface area contributed by atoms with Gasteiger partial charge in [-0.1, -0.05) is 10.8 Å². The van der Waals surface area contributed by atoms with Gasteiger partial charge in [-0.2, -0.15) is 0 Å². The van der Waals surface area contributed by atoms with Gasteiger partial charge in [-0.25, -0.2) is 0 Å². The van der Waals surface area contributed by atoms with E-state index in [9.17, 15) is 4.55 Å². The van der Waals surface area contributed by atoms with Crippen LogP contribution in [0.5, 0.6) is 0 Å². The molecule has 1 aliphatic rings. The Hall–Kier alpha value is -0.340. The summed E-state index contributed by atoms with van der Waals surface area (Å²) in [5.74, 6) is 0. The fourth-order valence-electron chi connectivity index (χ4n) is 1.00. The van der Waals surface area contributed by atoms with Crippen LogP contribution in [0, 0.1) is 0 Å². The number of rotatable bonds is 0. The van der Waals surface area contributed by atoms with Crippen molar-refractivity contribution in [1.29, 1.82) is 0 Å². The number of fused-ring (bicyclic) bond motifs is 1. The van der Waals surface area contributed by atoms with Crippen LogP contribution >= 0.6 is 10.8 Å². The molecule has 1 atom stereocenters. The predicted molar refractivity (Wildman–Crippen MR) is 32.5 cm³/mol. The number of hydrogen-bond donors (Lipinski definition) is 0. The summed E-state index contributed by atoms with van der Waals surface area (Å²) in [6.07, 6.45) is 2.21. The first-order chi connectivity index (χ1) is 3.88. The Kier molecular flexibility index (Phi) is 0.754. The van der Waals surface area contributed by atoms with Crippen molar-refractivity contribution in [2.24, 2.45) is 0 Å². The van der Waals surface area contributed by atoms with E-state index in [2.05, 4.69) is 0 Å². The van der Waals surface area contributed by atoms with Gasteiger partial charge in [-0.05, 0) is 12.5 Å². The molecular formula is C6H6OS. The zero-order valence-electron chi connectivity index (χ0n) is 4.39. The average molecular weight is 126 g/mol. The van der Waals surface area contributed by atoms with Gasteiger partial charge in [0.2, 0.25) is 0 Å². The maximum atomic E-state index is 10.8. The van der Waals surface area contributed by atoms with Crippen LogP contribution in [0.15, 0.2) is 11.4 Å². The van der Waals surface area contributed by atoms with Crippen molar-refractivity contribution < 1.29 is 4.55 Å². The van der Waals surface area contributed by atoms with Gasteiger partial charge in [0, 0.05) is 12.0 Å². The van der Waals surface area contributed by atoms with Gasteiger partial charge in [-0.15, -0.1) is 0 Å². The molecule has 0 fully saturated rings. The van der Waals surface area contributed by atoms with Crippen LogP contribution in [-0.2, 0) is 12.8 Å². The predicted octanol–water partition coefficient (Wildman–Crippen LogP) is 1.51. The molecule has 0 bridgehead atoms. The zero-order valence-corrected chi connectivity index (χ0v) is 5.20. The van der Waals surface area contributed by atoms with Crippen molar-refractivity contribution in [1.82, 2.24) is 0 Å². The first-order valence-corrected chi connectivity index (χ1v) is 3.90. The molecule has 2 rings (SSSR count).